The first-order chi connectivity index (χ1) is 8.06. The molecule has 7 heteroatoms. The normalized spacial score (nSPS) is 19.1. The minimum atomic E-state index is -0.504. The van der Waals surface area contributed by atoms with E-state index in [0.717, 1.165) is 12.2 Å². The quantitative estimate of drug-likeness (QED) is 0.559. The van der Waals surface area contributed by atoms with Gasteiger partial charge in [-0.25, -0.2) is 0 Å². The summed E-state index contributed by atoms with van der Waals surface area (Å²) in [4.78, 5) is 43.8. The van der Waals surface area contributed by atoms with Crippen LogP contribution in [0.5, 0.6) is 0 Å². The second kappa shape index (κ2) is 4.30. The molecule has 0 aromatic rings. The third-order valence-electron chi connectivity index (χ3n) is 2.18. The number of carbonyl (C=O) groups is 4. The van der Waals surface area contributed by atoms with Gasteiger partial charge in [-0.2, -0.15) is 0 Å². The van der Waals surface area contributed by atoms with Gasteiger partial charge in [-0.05, 0) is 0 Å². The lowest BCUT2D eigenvalue weighted by Crippen LogP contribution is -2.24. The molecule has 7 nitrogen and oxygen atoms in total. The van der Waals surface area contributed by atoms with Crippen LogP contribution in [-0.4, -0.2) is 36.8 Å². The van der Waals surface area contributed by atoms with Crippen molar-refractivity contribution in [1.82, 2.24) is 10.6 Å². The lowest BCUT2D eigenvalue weighted by Gasteiger charge is -2.02. The molecule has 0 fully saturated rings. The predicted octanol–water partition coefficient (Wildman–Crippen LogP) is -1.83. The van der Waals surface area contributed by atoms with Gasteiger partial charge >= 0.3 is 0 Å². The predicted molar refractivity (Wildman–Crippen MR) is 53.3 cm³/mol. The number of hydrogen-bond acceptors (Lipinski definition) is 5. The molecular formula is C10H8N2O5. The Morgan fingerprint density at radius 1 is 0.824 bits per heavy atom. The SMILES string of the molecule is O=C1C=C(COCC2=CC(=O)NC2=O)C(=O)N1. The van der Waals surface area contributed by atoms with Crippen LogP contribution >= 0.6 is 0 Å². The Morgan fingerprint density at radius 2 is 1.24 bits per heavy atom. The average Bonchev–Trinajstić information content (AvgIpc) is 2.71. The monoisotopic (exact) mass is 236 g/mol. The smallest absolute Gasteiger partial charge is 0.256 e. The number of amides is 4. The second-order valence-electron chi connectivity index (χ2n) is 3.47. The van der Waals surface area contributed by atoms with Gasteiger partial charge in [-0.15, -0.1) is 0 Å². The van der Waals surface area contributed by atoms with Crippen molar-refractivity contribution in [3.63, 3.8) is 0 Å². The first-order valence-corrected chi connectivity index (χ1v) is 4.76. The Balaban J connectivity index is 1.85. The van der Waals surface area contributed by atoms with Crippen molar-refractivity contribution in [3.05, 3.63) is 23.3 Å². The van der Waals surface area contributed by atoms with Crippen LogP contribution in [0.25, 0.3) is 0 Å². The molecule has 88 valence electrons. The number of carbonyl (C=O) groups excluding carboxylic acids is 4. The molecule has 2 aliphatic heterocycles. The molecule has 2 aliphatic rings. The summed E-state index contributed by atoms with van der Waals surface area (Å²) in [5, 5.41) is 4.13. The van der Waals surface area contributed by atoms with Crippen molar-refractivity contribution in [2.45, 2.75) is 0 Å². The van der Waals surface area contributed by atoms with E-state index in [-0.39, 0.29) is 24.4 Å². The molecule has 0 aromatic carbocycles. The highest BCUT2D eigenvalue weighted by molar-refractivity contribution is 6.17. The van der Waals surface area contributed by atoms with Gasteiger partial charge in [0.25, 0.3) is 23.6 Å². The summed E-state index contributed by atoms with van der Waals surface area (Å²) in [6.07, 6.45) is 2.27. The van der Waals surface area contributed by atoms with Crippen molar-refractivity contribution in [3.8, 4) is 0 Å². The molecule has 0 radical (unpaired) electrons. The molecule has 0 atom stereocenters. The summed E-state index contributed by atoms with van der Waals surface area (Å²) in [7, 11) is 0. The van der Waals surface area contributed by atoms with Gasteiger partial charge < -0.3 is 4.74 Å². The average molecular weight is 236 g/mol. The Labute approximate surface area is 95.5 Å². The molecular weight excluding hydrogens is 228 g/mol. The standard InChI is InChI=1S/C10H8N2O5/c13-7-1-5(9(15)11-7)3-17-4-6-2-8(14)12-10(6)16/h1-2H,3-4H2,(H,11,13,15)(H,12,14,16). The number of ether oxygens (including phenoxy) is 1. The van der Waals surface area contributed by atoms with E-state index < -0.39 is 23.6 Å². The molecule has 0 unspecified atom stereocenters. The Morgan fingerprint density at radius 3 is 1.53 bits per heavy atom. The van der Waals surface area contributed by atoms with Crippen molar-refractivity contribution < 1.29 is 23.9 Å². The highest BCUT2D eigenvalue weighted by Gasteiger charge is 2.23. The molecule has 0 aromatic heterocycles. The van der Waals surface area contributed by atoms with Crippen LogP contribution in [0, 0.1) is 0 Å². The third kappa shape index (κ3) is 2.45. The van der Waals surface area contributed by atoms with Crippen molar-refractivity contribution in [2.24, 2.45) is 0 Å². The number of hydrogen-bond donors (Lipinski definition) is 2. The first-order valence-electron chi connectivity index (χ1n) is 4.76. The summed E-state index contributed by atoms with van der Waals surface area (Å²) in [6.45, 7) is -0.174. The zero-order valence-corrected chi connectivity index (χ0v) is 8.61. The van der Waals surface area contributed by atoms with Gasteiger partial charge in [0.1, 0.15) is 0 Å². The van der Waals surface area contributed by atoms with Gasteiger partial charge in [0.05, 0.1) is 13.2 Å². The van der Waals surface area contributed by atoms with Crippen LogP contribution < -0.4 is 10.6 Å². The van der Waals surface area contributed by atoms with Gasteiger partial charge in [-0.3, -0.25) is 29.8 Å². The van der Waals surface area contributed by atoms with Crippen LogP contribution in [0.4, 0.5) is 0 Å². The molecule has 0 saturated carbocycles. The van der Waals surface area contributed by atoms with E-state index in [4.69, 9.17) is 4.74 Å². The molecule has 17 heavy (non-hydrogen) atoms. The van der Waals surface area contributed by atoms with E-state index in [1.54, 1.807) is 0 Å². The zero-order valence-electron chi connectivity index (χ0n) is 8.61. The summed E-state index contributed by atoms with van der Waals surface area (Å²) in [5.41, 5.74) is 0.390. The maximum atomic E-state index is 11.1. The Kier molecular flexibility index (Phi) is 2.84. The van der Waals surface area contributed by atoms with Gasteiger partial charge in [0.2, 0.25) is 0 Å². The van der Waals surface area contributed by atoms with Crippen molar-refractivity contribution in [1.29, 1.82) is 0 Å². The topological polar surface area (TPSA) is 102 Å². The van der Waals surface area contributed by atoms with Gasteiger partial charge in [0.15, 0.2) is 0 Å². The zero-order chi connectivity index (χ0) is 12.4. The fraction of sp³-hybridized carbons (Fsp3) is 0.200. The molecule has 4 amide bonds. The fourth-order valence-corrected chi connectivity index (χ4v) is 1.39. The summed E-state index contributed by atoms with van der Waals surface area (Å²) in [5.74, 6) is -1.98. The van der Waals surface area contributed by atoms with E-state index >= 15 is 0 Å². The minimum absolute atomic E-state index is 0.0869. The van der Waals surface area contributed by atoms with Gasteiger partial charge in [0, 0.05) is 23.3 Å². The number of imide groups is 2. The Hall–Kier alpha value is -2.28. The third-order valence-corrected chi connectivity index (χ3v) is 2.18. The first kappa shape index (κ1) is 11.2. The van der Waals surface area contributed by atoms with Gasteiger partial charge in [-0.1, -0.05) is 0 Å². The summed E-state index contributed by atoms with van der Waals surface area (Å²) in [6, 6.07) is 0. The molecule has 2 heterocycles. The lowest BCUT2D eigenvalue weighted by atomic mass is 10.3. The van der Waals surface area contributed by atoms with Crippen LogP contribution in [0.3, 0.4) is 0 Å². The molecule has 0 saturated heterocycles. The van der Waals surface area contributed by atoms with Crippen molar-refractivity contribution >= 4 is 23.6 Å². The molecule has 0 bridgehead atoms. The van der Waals surface area contributed by atoms with Crippen LogP contribution in [0.2, 0.25) is 0 Å². The van der Waals surface area contributed by atoms with E-state index in [9.17, 15) is 19.2 Å². The van der Waals surface area contributed by atoms with E-state index in [1.807, 2.05) is 0 Å². The van der Waals surface area contributed by atoms with E-state index in [2.05, 4.69) is 10.6 Å². The second-order valence-corrected chi connectivity index (χ2v) is 3.47. The largest absolute Gasteiger partial charge is 0.372 e. The van der Waals surface area contributed by atoms with Crippen LogP contribution in [0.15, 0.2) is 23.3 Å². The highest BCUT2D eigenvalue weighted by atomic mass is 16.5. The fourth-order valence-electron chi connectivity index (χ4n) is 1.39. The number of rotatable bonds is 4. The maximum absolute atomic E-state index is 11.1. The molecule has 0 spiro atoms. The van der Waals surface area contributed by atoms with E-state index in [0.29, 0.717) is 0 Å². The summed E-state index contributed by atoms with van der Waals surface area (Å²) >= 11 is 0. The molecule has 2 N–H and O–H groups in total. The molecule has 2 rings (SSSR count). The molecule has 0 aliphatic carbocycles. The highest BCUT2D eigenvalue weighted by Crippen LogP contribution is 2.06. The maximum Gasteiger partial charge on any atom is 0.256 e. The lowest BCUT2D eigenvalue weighted by molar-refractivity contribution is -0.125. The number of nitrogens with one attached hydrogen (secondary N) is 2. The van der Waals surface area contributed by atoms with Crippen LogP contribution in [0.1, 0.15) is 0 Å². The minimum Gasteiger partial charge on any atom is -0.372 e. The summed E-state index contributed by atoms with van der Waals surface area (Å²) < 4.78 is 5.08. The Bertz CT molecular complexity index is 445. The van der Waals surface area contributed by atoms with Crippen LogP contribution in [-0.2, 0) is 23.9 Å². The van der Waals surface area contributed by atoms with Crippen molar-refractivity contribution in [2.75, 3.05) is 13.2 Å². The van der Waals surface area contributed by atoms with E-state index in [1.165, 1.54) is 0 Å².